The Morgan fingerprint density at radius 2 is 1.95 bits per heavy atom. The zero-order valence-corrected chi connectivity index (χ0v) is 12.1. The number of cyclic esters (lactones) is 1. The smallest absolute Gasteiger partial charge is 0.329 e. The van der Waals surface area contributed by atoms with Crippen molar-refractivity contribution in [3.8, 4) is 0 Å². The minimum absolute atomic E-state index is 0.0472. The highest BCUT2D eigenvalue weighted by Gasteiger charge is 2.32. The number of anilines is 1. The van der Waals surface area contributed by atoms with Gasteiger partial charge in [-0.2, -0.15) is 0 Å². The summed E-state index contributed by atoms with van der Waals surface area (Å²) in [5.74, 6) is -0.239. The quantitative estimate of drug-likeness (QED) is 0.642. The van der Waals surface area contributed by atoms with Gasteiger partial charge in [-0.1, -0.05) is 6.07 Å². The average Bonchev–Trinajstić information content (AvgIpc) is 2.55. The molecule has 2 rings (SSSR count). The maximum atomic E-state index is 11.5. The van der Waals surface area contributed by atoms with Gasteiger partial charge in [0.25, 0.3) is 0 Å². The number of esters is 1. The van der Waals surface area contributed by atoms with E-state index in [4.69, 9.17) is 17.0 Å². The van der Waals surface area contributed by atoms with Gasteiger partial charge in [0.05, 0.1) is 0 Å². The molecule has 0 amide bonds. The number of aryl methyl sites for hydroxylation is 2. The summed E-state index contributed by atoms with van der Waals surface area (Å²) in [6.45, 7) is 5.94. The van der Waals surface area contributed by atoms with Crippen LogP contribution in [0.15, 0.2) is 18.2 Å². The van der Waals surface area contributed by atoms with Crippen LogP contribution < -0.4 is 10.6 Å². The lowest BCUT2D eigenvalue weighted by Crippen LogP contribution is -2.40. The molecule has 102 valence electrons. The molecular formula is C14H18N2O2S. The molecule has 1 fully saturated rings. The van der Waals surface area contributed by atoms with Crippen LogP contribution in [-0.4, -0.2) is 23.2 Å². The maximum Gasteiger partial charge on any atom is 0.329 e. The summed E-state index contributed by atoms with van der Waals surface area (Å²) in [5, 5.41) is 6.54. The van der Waals surface area contributed by atoms with Gasteiger partial charge in [0.2, 0.25) is 0 Å². The Balaban J connectivity index is 1.96. The molecule has 1 aromatic rings. The lowest BCUT2D eigenvalue weighted by atomic mass is 10.1. The zero-order chi connectivity index (χ0) is 14.0. The van der Waals surface area contributed by atoms with Crippen LogP contribution in [0.2, 0.25) is 0 Å². The first-order chi connectivity index (χ1) is 8.94. The largest absolute Gasteiger partial charge is 0.461 e. The van der Waals surface area contributed by atoms with E-state index in [1.165, 1.54) is 11.1 Å². The van der Waals surface area contributed by atoms with Gasteiger partial charge in [0.1, 0.15) is 12.1 Å². The highest BCUT2D eigenvalue weighted by Crippen LogP contribution is 2.16. The van der Waals surface area contributed by atoms with E-state index >= 15 is 0 Å². The van der Waals surface area contributed by atoms with Crippen molar-refractivity contribution in [2.75, 3.05) is 5.32 Å². The fourth-order valence-corrected chi connectivity index (χ4v) is 2.51. The van der Waals surface area contributed by atoms with E-state index in [1.807, 2.05) is 32.9 Å². The van der Waals surface area contributed by atoms with Gasteiger partial charge in [-0.15, -0.1) is 0 Å². The summed E-state index contributed by atoms with van der Waals surface area (Å²) in [5.41, 5.74) is 3.26. The summed E-state index contributed by atoms with van der Waals surface area (Å²) in [6, 6.07) is 5.77. The van der Waals surface area contributed by atoms with Crippen LogP contribution in [0.25, 0.3) is 0 Å². The molecular weight excluding hydrogens is 260 g/mol. The molecule has 0 saturated carbocycles. The number of hydrogen-bond acceptors (Lipinski definition) is 3. The molecule has 5 heteroatoms. The van der Waals surface area contributed by atoms with Crippen molar-refractivity contribution >= 4 is 29.0 Å². The lowest BCUT2D eigenvalue weighted by Gasteiger charge is -2.14. The van der Waals surface area contributed by atoms with Gasteiger partial charge >= 0.3 is 5.97 Å². The van der Waals surface area contributed by atoms with Crippen LogP contribution in [0.4, 0.5) is 5.69 Å². The standard InChI is InChI=1S/C14H18N2O2S/c1-8-4-9(2)6-11(5-8)15-14(19)16-12-7-10(3)18-13(12)17/h4-6,10,12H,7H2,1-3H3,(H2,15,16,19)/t10-,12+/m0/s1. The molecule has 0 aliphatic carbocycles. The van der Waals surface area contributed by atoms with Gasteiger partial charge in [0.15, 0.2) is 5.11 Å². The predicted octanol–water partition coefficient (Wildman–Crippen LogP) is 2.29. The minimum atomic E-state index is -0.346. The number of thiocarbonyl (C=S) groups is 1. The van der Waals surface area contributed by atoms with Gasteiger partial charge in [-0.3, -0.25) is 0 Å². The molecule has 0 aromatic heterocycles. The van der Waals surface area contributed by atoms with Crippen LogP contribution in [0.1, 0.15) is 24.5 Å². The fraction of sp³-hybridized carbons (Fsp3) is 0.429. The molecule has 0 radical (unpaired) electrons. The molecule has 0 unspecified atom stereocenters. The van der Waals surface area contributed by atoms with Crippen molar-refractivity contribution in [3.05, 3.63) is 29.3 Å². The number of carbonyl (C=O) groups excluding carboxylic acids is 1. The van der Waals surface area contributed by atoms with Crippen LogP contribution in [0.5, 0.6) is 0 Å². The summed E-state index contributed by atoms with van der Waals surface area (Å²) >= 11 is 5.22. The van der Waals surface area contributed by atoms with Crippen molar-refractivity contribution in [2.45, 2.75) is 39.3 Å². The normalized spacial score (nSPS) is 21.9. The second-order valence-corrected chi connectivity index (χ2v) is 5.42. The number of hydrogen-bond donors (Lipinski definition) is 2. The number of ether oxygens (including phenoxy) is 1. The van der Waals surface area contributed by atoms with Crippen LogP contribution >= 0.6 is 12.2 Å². The molecule has 2 atom stereocenters. The van der Waals surface area contributed by atoms with Crippen LogP contribution in [-0.2, 0) is 9.53 Å². The van der Waals surface area contributed by atoms with Gasteiger partial charge in [0, 0.05) is 12.1 Å². The second kappa shape index (κ2) is 5.57. The maximum absolute atomic E-state index is 11.5. The average molecular weight is 278 g/mol. The first-order valence-electron chi connectivity index (χ1n) is 6.30. The lowest BCUT2D eigenvalue weighted by molar-refractivity contribution is -0.142. The van der Waals surface area contributed by atoms with E-state index < -0.39 is 0 Å². The minimum Gasteiger partial charge on any atom is -0.461 e. The van der Waals surface area contributed by atoms with Crippen molar-refractivity contribution in [1.29, 1.82) is 0 Å². The van der Waals surface area contributed by atoms with Crippen LogP contribution in [0.3, 0.4) is 0 Å². The van der Waals surface area contributed by atoms with Crippen LogP contribution in [0, 0.1) is 13.8 Å². The predicted molar refractivity (Wildman–Crippen MR) is 79.2 cm³/mol. The van der Waals surface area contributed by atoms with E-state index in [-0.39, 0.29) is 18.1 Å². The monoisotopic (exact) mass is 278 g/mol. The van der Waals surface area contributed by atoms with E-state index in [2.05, 4.69) is 16.7 Å². The number of rotatable bonds is 2. The van der Waals surface area contributed by atoms with Gasteiger partial charge < -0.3 is 15.4 Å². The fourth-order valence-electron chi connectivity index (χ4n) is 2.25. The second-order valence-electron chi connectivity index (χ2n) is 5.01. The van der Waals surface area contributed by atoms with Crippen molar-refractivity contribution < 1.29 is 9.53 Å². The molecule has 0 spiro atoms. The molecule has 1 aliphatic rings. The Morgan fingerprint density at radius 3 is 2.47 bits per heavy atom. The van der Waals surface area contributed by atoms with E-state index in [0.717, 1.165) is 5.69 Å². The van der Waals surface area contributed by atoms with Crippen molar-refractivity contribution in [3.63, 3.8) is 0 Å². The van der Waals surface area contributed by atoms with Crippen molar-refractivity contribution in [1.82, 2.24) is 5.32 Å². The Labute approximate surface area is 118 Å². The molecule has 1 aliphatic heterocycles. The number of benzene rings is 1. The topological polar surface area (TPSA) is 50.4 Å². The molecule has 2 N–H and O–H groups in total. The first kappa shape index (κ1) is 13.8. The van der Waals surface area contributed by atoms with Gasteiger partial charge in [-0.25, -0.2) is 4.79 Å². The molecule has 1 heterocycles. The Morgan fingerprint density at radius 1 is 1.32 bits per heavy atom. The SMILES string of the molecule is Cc1cc(C)cc(NC(=S)N[C@@H]2C[C@H](C)OC2=O)c1. The summed E-state index contributed by atoms with van der Waals surface area (Å²) in [7, 11) is 0. The number of carbonyl (C=O) groups is 1. The molecule has 19 heavy (non-hydrogen) atoms. The van der Waals surface area contributed by atoms with E-state index in [1.54, 1.807) is 0 Å². The third-order valence-corrected chi connectivity index (χ3v) is 3.17. The molecule has 1 aromatic carbocycles. The summed E-state index contributed by atoms with van der Waals surface area (Å²) in [6.07, 6.45) is 0.599. The Kier molecular flexibility index (Phi) is 4.04. The molecule has 4 nitrogen and oxygen atoms in total. The Bertz CT molecular complexity index is 496. The highest BCUT2D eigenvalue weighted by molar-refractivity contribution is 7.80. The third-order valence-electron chi connectivity index (χ3n) is 2.95. The zero-order valence-electron chi connectivity index (χ0n) is 11.3. The highest BCUT2D eigenvalue weighted by atomic mass is 32.1. The van der Waals surface area contributed by atoms with E-state index in [0.29, 0.717) is 11.5 Å². The van der Waals surface area contributed by atoms with E-state index in [9.17, 15) is 4.79 Å². The first-order valence-corrected chi connectivity index (χ1v) is 6.71. The molecule has 1 saturated heterocycles. The summed E-state index contributed by atoms with van der Waals surface area (Å²) < 4.78 is 5.07. The number of nitrogens with one attached hydrogen (secondary N) is 2. The summed E-state index contributed by atoms with van der Waals surface area (Å²) in [4.78, 5) is 11.5. The Hall–Kier alpha value is -1.62. The molecule has 0 bridgehead atoms. The van der Waals surface area contributed by atoms with Crippen molar-refractivity contribution in [2.24, 2.45) is 0 Å². The van der Waals surface area contributed by atoms with Gasteiger partial charge in [-0.05, 0) is 56.2 Å². The third kappa shape index (κ3) is 3.67.